The Morgan fingerprint density at radius 1 is 1.47 bits per heavy atom. The molecule has 0 saturated heterocycles. The highest BCUT2D eigenvalue weighted by Gasteiger charge is 2.32. The summed E-state index contributed by atoms with van der Waals surface area (Å²) in [6, 6.07) is 2.17. The molecule has 1 aliphatic carbocycles. The zero-order valence-electron chi connectivity index (χ0n) is 10.3. The summed E-state index contributed by atoms with van der Waals surface area (Å²) in [5.41, 5.74) is 0. The molecule has 1 heterocycles. The average Bonchev–Trinajstić information content (AvgIpc) is 2.95. The van der Waals surface area contributed by atoms with E-state index in [-0.39, 0.29) is 22.1 Å². The summed E-state index contributed by atoms with van der Waals surface area (Å²) in [4.78, 5) is 10.7. The Hall–Kier alpha value is -0.990. The quantitative estimate of drug-likeness (QED) is 0.856. The van der Waals surface area contributed by atoms with Gasteiger partial charge in [-0.05, 0) is 31.2 Å². The van der Waals surface area contributed by atoms with Gasteiger partial charge in [-0.25, -0.2) is 17.9 Å². The number of furan rings is 1. The first-order valence-corrected chi connectivity index (χ1v) is 8.59. The van der Waals surface area contributed by atoms with Crippen LogP contribution in [-0.2, 0) is 10.0 Å². The van der Waals surface area contributed by atoms with Crippen molar-refractivity contribution in [3.8, 4) is 0 Å². The van der Waals surface area contributed by atoms with Crippen LogP contribution in [0.25, 0.3) is 0 Å². The van der Waals surface area contributed by atoms with Crippen molar-refractivity contribution in [3.63, 3.8) is 0 Å². The molecular formula is C11H15NO5S2. The molecule has 2 unspecified atom stereocenters. The van der Waals surface area contributed by atoms with E-state index in [0.29, 0.717) is 0 Å². The second-order valence-electron chi connectivity index (χ2n) is 4.36. The first kappa shape index (κ1) is 14.4. The van der Waals surface area contributed by atoms with E-state index in [0.717, 1.165) is 31.4 Å². The predicted molar refractivity (Wildman–Crippen MR) is 70.9 cm³/mol. The van der Waals surface area contributed by atoms with E-state index in [2.05, 4.69) is 4.72 Å². The number of carboxylic acid groups (broad SMARTS) is 1. The molecule has 1 fully saturated rings. The Morgan fingerprint density at radius 2 is 2.21 bits per heavy atom. The van der Waals surface area contributed by atoms with Gasteiger partial charge < -0.3 is 9.52 Å². The summed E-state index contributed by atoms with van der Waals surface area (Å²) < 4.78 is 31.6. The Balaban J connectivity index is 2.15. The number of rotatable bonds is 5. The van der Waals surface area contributed by atoms with E-state index >= 15 is 0 Å². The van der Waals surface area contributed by atoms with E-state index in [1.807, 2.05) is 6.26 Å². The molecule has 0 amide bonds. The van der Waals surface area contributed by atoms with Crippen LogP contribution in [0.2, 0.25) is 0 Å². The molecule has 0 bridgehead atoms. The van der Waals surface area contributed by atoms with Crippen LogP contribution < -0.4 is 4.72 Å². The van der Waals surface area contributed by atoms with Gasteiger partial charge in [-0.15, -0.1) is 0 Å². The summed E-state index contributed by atoms with van der Waals surface area (Å²) in [7, 11) is -3.79. The van der Waals surface area contributed by atoms with Crippen molar-refractivity contribution in [3.05, 3.63) is 17.9 Å². The van der Waals surface area contributed by atoms with Gasteiger partial charge in [0.2, 0.25) is 10.9 Å². The summed E-state index contributed by atoms with van der Waals surface area (Å²) >= 11 is 1.63. The van der Waals surface area contributed by atoms with Crippen molar-refractivity contribution in [2.75, 3.05) is 6.26 Å². The Morgan fingerprint density at radius 3 is 2.79 bits per heavy atom. The molecule has 1 aromatic heterocycles. The molecule has 2 rings (SSSR count). The molecule has 2 N–H and O–H groups in total. The van der Waals surface area contributed by atoms with E-state index in [9.17, 15) is 13.2 Å². The van der Waals surface area contributed by atoms with E-state index in [4.69, 9.17) is 9.52 Å². The molecule has 0 aliphatic heterocycles. The van der Waals surface area contributed by atoms with Crippen LogP contribution in [0.3, 0.4) is 0 Å². The van der Waals surface area contributed by atoms with Gasteiger partial charge in [-0.2, -0.15) is 11.8 Å². The number of nitrogens with one attached hydrogen (secondary N) is 1. The van der Waals surface area contributed by atoms with Crippen LogP contribution in [0.1, 0.15) is 29.8 Å². The van der Waals surface area contributed by atoms with Crippen molar-refractivity contribution in [1.29, 1.82) is 0 Å². The standard InChI is InChI=1S/C11H15NO5S2/c1-18-9-4-2-3-7(9)12-19(15,16)10-6-5-8(17-10)11(13)14/h5-7,9,12H,2-4H2,1H3,(H,13,14). The van der Waals surface area contributed by atoms with Crippen molar-refractivity contribution in [2.45, 2.75) is 35.6 Å². The zero-order valence-corrected chi connectivity index (χ0v) is 12.0. The average molecular weight is 305 g/mol. The molecule has 106 valence electrons. The molecule has 8 heteroatoms. The third-order valence-electron chi connectivity index (χ3n) is 3.12. The number of sulfonamides is 1. The van der Waals surface area contributed by atoms with E-state index in [1.54, 1.807) is 11.8 Å². The number of carbonyl (C=O) groups is 1. The minimum Gasteiger partial charge on any atom is -0.475 e. The second kappa shape index (κ2) is 5.56. The van der Waals surface area contributed by atoms with Gasteiger partial charge in [-0.1, -0.05) is 6.42 Å². The lowest BCUT2D eigenvalue weighted by Crippen LogP contribution is -2.38. The van der Waals surface area contributed by atoms with Crippen LogP contribution in [-0.4, -0.2) is 37.0 Å². The maximum atomic E-state index is 12.1. The SMILES string of the molecule is CSC1CCCC1NS(=O)(=O)c1ccc(C(=O)O)o1. The fourth-order valence-electron chi connectivity index (χ4n) is 2.18. The summed E-state index contributed by atoms with van der Waals surface area (Å²) in [5.74, 6) is -1.67. The molecule has 1 saturated carbocycles. The van der Waals surface area contributed by atoms with Gasteiger partial charge in [-0.3, -0.25) is 0 Å². The van der Waals surface area contributed by atoms with E-state index in [1.165, 1.54) is 0 Å². The predicted octanol–water partition coefficient (Wildman–Crippen LogP) is 1.54. The smallest absolute Gasteiger partial charge is 0.371 e. The monoisotopic (exact) mass is 305 g/mol. The fraction of sp³-hybridized carbons (Fsp3) is 0.545. The Kier molecular flexibility index (Phi) is 4.22. The Labute approximate surface area is 115 Å². The van der Waals surface area contributed by atoms with Crippen molar-refractivity contribution in [2.24, 2.45) is 0 Å². The third-order valence-corrected chi connectivity index (χ3v) is 5.65. The molecule has 0 spiro atoms. The van der Waals surface area contributed by atoms with Crippen molar-refractivity contribution in [1.82, 2.24) is 4.72 Å². The van der Waals surface area contributed by atoms with Gasteiger partial charge >= 0.3 is 5.97 Å². The topological polar surface area (TPSA) is 96.6 Å². The molecular weight excluding hydrogens is 290 g/mol. The van der Waals surface area contributed by atoms with E-state index < -0.39 is 16.0 Å². The van der Waals surface area contributed by atoms with Crippen LogP contribution in [0, 0.1) is 0 Å². The summed E-state index contributed by atoms with van der Waals surface area (Å²) in [6.45, 7) is 0. The van der Waals surface area contributed by atoms with Gasteiger partial charge in [0, 0.05) is 11.3 Å². The number of thioether (sulfide) groups is 1. The summed E-state index contributed by atoms with van der Waals surface area (Å²) in [5, 5.41) is 8.62. The lowest BCUT2D eigenvalue weighted by molar-refractivity contribution is 0.0656. The molecule has 1 aliphatic rings. The molecule has 19 heavy (non-hydrogen) atoms. The largest absolute Gasteiger partial charge is 0.475 e. The maximum absolute atomic E-state index is 12.1. The van der Waals surface area contributed by atoms with Gasteiger partial charge in [0.25, 0.3) is 10.0 Å². The van der Waals surface area contributed by atoms with Crippen LogP contribution >= 0.6 is 11.8 Å². The number of hydrogen-bond donors (Lipinski definition) is 2. The maximum Gasteiger partial charge on any atom is 0.371 e. The highest BCUT2D eigenvalue weighted by molar-refractivity contribution is 7.99. The van der Waals surface area contributed by atoms with Gasteiger partial charge in [0.1, 0.15) is 0 Å². The lowest BCUT2D eigenvalue weighted by Gasteiger charge is -2.18. The summed E-state index contributed by atoms with van der Waals surface area (Å²) in [6.07, 6.45) is 4.70. The minimum atomic E-state index is -3.79. The van der Waals surface area contributed by atoms with Crippen LogP contribution in [0.15, 0.2) is 21.6 Å². The Bertz CT molecular complexity index is 565. The lowest BCUT2D eigenvalue weighted by atomic mass is 10.3. The number of carboxylic acids is 1. The fourth-order valence-corrected chi connectivity index (χ4v) is 4.44. The zero-order chi connectivity index (χ0) is 14.0. The molecule has 2 atom stereocenters. The van der Waals surface area contributed by atoms with Crippen molar-refractivity contribution >= 4 is 27.8 Å². The first-order chi connectivity index (χ1) is 8.94. The molecule has 0 aromatic carbocycles. The van der Waals surface area contributed by atoms with Gasteiger partial charge in [0.05, 0.1) is 0 Å². The highest BCUT2D eigenvalue weighted by atomic mass is 32.2. The van der Waals surface area contributed by atoms with Crippen LogP contribution in [0.5, 0.6) is 0 Å². The highest BCUT2D eigenvalue weighted by Crippen LogP contribution is 2.29. The second-order valence-corrected chi connectivity index (χ2v) is 7.08. The number of hydrogen-bond acceptors (Lipinski definition) is 5. The minimum absolute atomic E-state index is 0.127. The first-order valence-electron chi connectivity index (χ1n) is 5.82. The molecule has 1 aromatic rings. The molecule has 6 nitrogen and oxygen atoms in total. The van der Waals surface area contributed by atoms with Crippen molar-refractivity contribution < 1.29 is 22.7 Å². The normalized spacial score (nSPS) is 23.6. The number of aromatic carboxylic acids is 1. The molecule has 0 radical (unpaired) electrons. The third kappa shape index (κ3) is 3.13. The van der Waals surface area contributed by atoms with Gasteiger partial charge in [0.15, 0.2) is 0 Å². The van der Waals surface area contributed by atoms with Crippen LogP contribution in [0.4, 0.5) is 0 Å².